The van der Waals surface area contributed by atoms with E-state index in [0.29, 0.717) is 5.56 Å². The topological polar surface area (TPSA) is 72.2 Å². The van der Waals surface area contributed by atoms with Crippen molar-refractivity contribution in [3.63, 3.8) is 0 Å². The summed E-state index contributed by atoms with van der Waals surface area (Å²) in [7, 11) is 0. The number of hydrogen-bond acceptors (Lipinski definition) is 5. The van der Waals surface area contributed by atoms with E-state index in [1.54, 1.807) is 0 Å². The predicted octanol–water partition coefficient (Wildman–Crippen LogP) is 1.44. The van der Waals surface area contributed by atoms with Crippen LogP contribution in [0.25, 0.3) is 0 Å². The highest BCUT2D eigenvalue weighted by molar-refractivity contribution is 5.99. The molecule has 0 aromatic heterocycles. The van der Waals surface area contributed by atoms with Crippen LogP contribution in [0.3, 0.4) is 0 Å². The summed E-state index contributed by atoms with van der Waals surface area (Å²) in [5.41, 5.74) is 1.81. The van der Waals surface area contributed by atoms with Gasteiger partial charge in [-0.15, -0.1) is 0 Å². The Morgan fingerprint density at radius 1 is 1.28 bits per heavy atom. The van der Waals surface area contributed by atoms with E-state index in [0.717, 1.165) is 31.9 Å². The van der Waals surface area contributed by atoms with Crippen molar-refractivity contribution in [1.29, 1.82) is 10.8 Å². The lowest BCUT2D eigenvalue weighted by Crippen LogP contribution is -2.43. The first-order chi connectivity index (χ1) is 8.66. The van der Waals surface area contributed by atoms with E-state index >= 15 is 0 Å². The molecule has 0 saturated carbocycles. The van der Waals surface area contributed by atoms with Crippen molar-refractivity contribution in [3.8, 4) is 0 Å². The largest absolute Gasteiger partial charge is 0.426 e. The van der Waals surface area contributed by atoms with Gasteiger partial charge in [0.15, 0.2) is 5.90 Å². The molecule has 3 N–H and O–H groups in total. The van der Waals surface area contributed by atoms with E-state index in [1.807, 2.05) is 24.3 Å². The molecule has 5 nitrogen and oxygen atoms in total. The zero-order valence-corrected chi connectivity index (χ0v) is 10.5. The molecular weight excluding hydrogens is 228 g/mol. The number of rotatable bonds is 2. The van der Waals surface area contributed by atoms with Crippen molar-refractivity contribution < 1.29 is 4.74 Å². The Morgan fingerprint density at radius 3 is 2.67 bits per heavy atom. The second-order valence-corrected chi connectivity index (χ2v) is 4.27. The number of hydrogen-bond donors (Lipinski definition) is 3. The molecule has 5 heteroatoms. The second-order valence-electron chi connectivity index (χ2n) is 4.27. The van der Waals surface area contributed by atoms with Crippen molar-refractivity contribution in [2.75, 3.05) is 31.1 Å². The Kier molecular flexibility index (Phi) is 3.94. The van der Waals surface area contributed by atoms with Crippen LogP contribution in [0, 0.1) is 10.8 Å². The van der Waals surface area contributed by atoms with E-state index in [4.69, 9.17) is 15.6 Å². The van der Waals surface area contributed by atoms with Gasteiger partial charge in [-0.25, -0.2) is 0 Å². The van der Waals surface area contributed by atoms with Crippen molar-refractivity contribution in [2.45, 2.75) is 6.92 Å². The summed E-state index contributed by atoms with van der Waals surface area (Å²) in [6.45, 7) is 5.44. The van der Waals surface area contributed by atoms with Gasteiger partial charge in [0.25, 0.3) is 0 Å². The number of anilines is 1. The lowest BCUT2D eigenvalue weighted by atomic mass is 10.1. The highest BCUT2D eigenvalue weighted by atomic mass is 16.5. The van der Waals surface area contributed by atoms with Gasteiger partial charge >= 0.3 is 0 Å². The van der Waals surface area contributed by atoms with Gasteiger partial charge in [0, 0.05) is 44.4 Å². The maximum Gasteiger partial charge on any atom is 0.220 e. The highest BCUT2D eigenvalue weighted by Gasteiger charge is 2.12. The van der Waals surface area contributed by atoms with Gasteiger partial charge < -0.3 is 15.0 Å². The summed E-state index contributed by atoms with van der Waals surface area (Å²) < 4.78 is 5.01. The van der Waals surface area contributed by atoms with E-state index in [1.165, 1.54) is 6.92 Å². The first-order valence-electron chi connectivity index (χ1n) is 6.04. The molecule has 0 spiro atoms. The first-order valence-corrected chi connectivity index (χ1v) is 6.04. The SMILES string of the molecule is CC(=N)OC(=N)c1cccc(N2CCNCC2)c1. The lowest BCUT2D eigenvalue weighted by Gasteiger charge is -2.29. The summed E-state index contributed by atoms with van der Waals surface area (Å²) in [6.07, 6.45) is 0. The second kappa shape index (κ2) is 5.64. The molecule has 0 radical (unpaired) electrons. The van der Waals surface area contributed by atoms with Crippen molar-refractivity contribution in [2.24, 2.45) is 0 Å². The van der Waals surface area contributed by atoms with E-state index in [2.05, 4.69) is 10.2 Å². The van der Waals surface area contributed by atoms with Crippen LogP contribution in [0.15, 0.2) is 24.3 Å². The van der Waals surface area contributed by atoms with Gasteiger partial charge in [-0.05, 0) is 18.2 Å². The number of ether oxygens (including phenoxy) is 1. The Bertz CT molecular complexity index is 452. The average molecular weight is 246 g/mol. The first kappa shape index (κ1) is 12.6. The van der Waals surface area contributed by atoms with Gasteiger partial charge in [0.1, 0.15) is 0 Å². The third-order valence-corrected chi connectivity index (χ3v) is 2.85. The molecule has 0 bridgehead atoms. The zero-order chi connectivity index (χ0) is 13.0. The molecule has 0 unspecified atom stereocenters. The maximum absolute atomic E-state index is 7.78. The van der Waals surface area contributed by atoms with E-state index < -0.39 is 0 Å². The fourth-order valence-electron chi connectivity index (χ4n) is 1.98. The molecule has 1 aliphatic rings. The molecule has 2 rings (SSSR count). The van der Waals surface area contributed by atoms with Crippen LogP contribution in [0.5, 0.6) is 0 Å². The van der Waals surface area contributed by atoms with Gasteiger partial charge in [-0.1, -0.05) is 6.07 Å². The van der Waals surface area contributed by atoms with Crippen molar-refractivity contribution >= 4 is 17.5 Å². The summed E-state index contributed by atoms with van der Waals surface area (Å²) in [5.74, 6) is 0.0621. The Balaban J connectivity index is 2.13. The molecule has 18 heavy (non-hydrogen) atoms. The maximum atomic E-state index is 7.78. The van der Waals surface area contributed by atoms with Crippen LogP contribution in [0.1, 0.15) is 12.5 Å². The third kappa shape index (κ3) is 3.07. The zero-order valence-electron chi connectivity index (χ0n) is 10.5. The van der Waals surface area contributed by atoms with Crippen LogP contribution in [0.2, 0.25) is 0 Å². The van der Waals surface area contributed by atoms with Crippen LogP contribution in [-0.4, -0.2) is 38.0 Å². The van der Waals surface area contributed by atoms with Gasteiger partial charge in [-0.2, -0.15) is 0 Å². The van der Waals surface area contributed by atoms with Crippen molar-refractivity contribution in [1.82, 2.24) is 5.32 Å². The molecule has 1 aromatic rings. The summed E-state index contributed by atoms with van der Waals surface area (Å²) in [4.78, 5) is 2.28. The minimum atomic E-state index is 0.0273. The predicted molar refractivity (Wildman–Crippen MR) is 72.8 cm³/mol. The molecule has 0 atom stereocenters. The quantitative estimate of drug-likeness (QED) is 0.546. The van der Waals surface area contributed by atoms with E-state index in [-0.39, 0.29) is 11.8 Å². The standard InChI is InChI=1S/C13H18N4O/c1-10(14)18-13(15)11-3-2-4-12(9-11)17-7-5-16-6-8-17/h2-4,9,14-16H,5-8H2,1H3. The Hall–Kier alpha value is -1.88. The number of nitrogens with one attached hydrogen (secondary N) is 3. The molecule has 1 aliphatic heterocycles. The molecule has 1 fully saturated rings. The van der Waals surface area contributed by atoms with Crippen LogP contribution in [-0.2, 0) is 4.74 Å². The molecule has 0 amide bonds. The molecule has 96 valence electrons. The van der Waals surface area contributed by atoms with E-state index in [9.17, 15) is 0 Å². The average Bonchev–Trinajstić information content (AvgIpc) is 2.39. The molecule has 0 aliphatic carbocycles. The lowest BCUT2D eigenvalue weighted by molar-refractivity contribution is 0.532. The minimum absolute atomic E-state index is 0.0273. The van der Waals surface area contributed by atoms with Gasteiger partial charge in [0.05, 0.1) is 0 Å². The normalized spacial score (nSPS) is 15.3. The van der Waals surface area contributed by atoms with Crippen LogP contribution in [0.4, 0.5) is 5.69 Å². The monoisotopic (exact) mass is 246 g/mol. The van der Waals surface area contributed by atoms with Gasteiger partial charge in [-0.3, -0.25) is 10.8 Å². The Morgan fingerprint density at radius 2 is 2.00 bits per heavy atom. The van der Waals surface area contributed by atoms with Crippen molar-refractivity contribution in [3.05, 3.63) is 29.8 Å². The Labute approximate surface area is 107 Å². The summed E-state index contributed by atoms with van der Waals surface area (Å²) in [6, 6.07) is 7.73. The fourth-order valence-corrected chi connectivity index (χ4v) is 1.98. The van der Waals surface area contributed by atoms with Crippen LogP contribution >= 0.6 is 0 Å². The highest BCUT2D eigenvalue weighted by Crippen LogP contribution is 2.17. The molecular formula is C13H18N4O. The number of benzene rings is 1. The molecule has 1 saturated heterocycles. The summed E-state index contributed by atoms with van der Waals surface area (Å²) in [5, 5.41) is 18.3. The van der Waals surface area contributed by atoms with Crippen LogP contribution < -0.4 is 10.2 Å². The minimum Gasteiger partial charge on any atom is -0.426 e. The number of nitrogens with zero attached hydrogens (tertiary/aromatic N) is 1. The fraction of sp³-hybridized carbons (Fsp3) is 0.385. The molecule has 1 heterocycles. The number of piperazine rings is 1. The smallest absolute Gasteiger partial charge is 0.220 e. The molecule has 1 aromatic carbocycles. The van der Waals surface area contributed by atoms with Gasteiger partial charge in [0.2, 0.25) is 5.90 Å². The third-order valence-electron chi connectivity index (χ3n) is 2.85. The summed E-state index contributed by atoms with van der Waals surface area (Å²) >= 11 is 0.